The number of nitrogens with zero attached hydrogens (tertiary/aromatic N) is 4. The van der Waals surface area contributed by atoms with Gasteiger partial charge >= 0.3 is 0 Å². The summed E-state index contributed by atoms with van der Waals surface area (Å²) in [5, 5.41) is 9.37. The lowest BCUT2D eigenvalue weighted by molar-refractivity contribution is 0.673. The average molecular weight is 665 g/mol. The van der Waals surface area contributed by atoms with Crippen LogP contribution in [0.3, 0.4) is 0 Å². The maximum atomic E-state index is 6.56. The van der Waals surface area contributed by atoms with Gasteiger partial charge in [-0.25, -0.2) is 15.0 Å². The molecule has 0 saturated carbocycles. The van der Waals surface area contributed by atoms with Gasteiger partial charge in [-0.3, -0.25) is 0 Å². The molecule has 0 N–H and O–H groups in total. The highest BCUT2D eigenvalue weighted by Gasteiger charge is 2.21. The molecule has 0 saturated heterocycles. The Labute approximate surface area is 298 Å². The van der Waals surface area contributed by atoms with Crippen LogP contribution in [-0.4, -0.2) is 19.5 Å². The molecule has 0 aliphatic rings. The van der Waals surface area contributed by atoms with E-state index in [-0.39, 0.29) is 0 Å². The molecular formula is C47H28N4O. The van der Waals surface area contributed by atoms with Crippen LogP contribution in [0.1, 0.15) is 0 Å². The van der Waals surface area contributed by atoms with Crippen LogP contribution in [-0.2, 0) is 0 Å². The number of para-hydroxylation sites is 2. The molecule has 5 nitrogen and oxygen atoms in total. The molecule has 3 aromatic heterocycles. The normalized spacial score (nSPS) is 11.8. The van der Waals surface area contributed by atoms with E-state index in [9.17, 15) is 0 Å². The van der Waals surface area contributed by atoms with Crippen LogP contribution in [0.15, 0.2) is 174 Å². The van der Waals surface area contributed by atoms with Gasteiger partial charge in [0.1, 0.15) is 11.2 Å². The van der Waals surface area contributed by atoms with Crippen LogP contribution < -0.4 is 0 Å². The first-order valence-corrected chi connectivity index (χ1v) is 17.5. The lowest BCUT2D eigenvalue weighted by Crippen LogP contribution is -2.00. The monoisotopic (exact) mass is 664 g/mol. The Bertz CT molecular complexity index is 3100. The number of benzene rings is 8. The second kappa shape index (κ2) is 11.2. The Kier molecular flexibility index (Phi) is 6.18. The van der Waals surface area contributed by atoms with E-state index in [1.165, 1.54) is 32.4 Å². The van der Waals surface area contributed by atoms with Crippen molar-refractivity contribution in [1.82, 2.24) is 19.5 Å². The fourth-order valence-corrected chi connectivity index (χ4v) is 7.91. The molecule has 0 aliphatic heterocycles. The maximum Gasteiger partial charge on any atom is 0.164 e. The standard InChI is InChI=1S/C47H28N4O/c1-3-13-29(14-4-1)45-48-46(30-15-5-2-6-16-30)50-47(49-45)31-23-25-32(26-24-31)51-39-21-11-9-17-33(39)35-27-28-38-41(43(35)51)34-18-7-8-19-36(34)44-42(38)37-20-10-12-22-40(37)52-44/h1-28H. The molecule has 11 aromatic rings. The van der Waals surface area contributed by atoms with E-state index >= 15 is 0 Å². The molecule has 0 spiro atoms. The first-order valence-electron chi connectivity index (χ1n) is 17.5. The zero-order valence-electron chi connectivity index (χ0n) is 27.9. The number of hydrogen-bond donors (Lipinski definition) is 0. The van der Waals surface area contributed by atoms with E-state index in [1.54, 1.807) is 0 Å². The molecule has 0 unspecified atom stereocenters. The molecule has 8 aromatic carbocycles. The van der Waals surface area contributed by atoms with Gasteiger partial charge in [-0.15, -0.1) is 0 Å². The molecule has 0 aliphatic carbocycles. The van der Waals surface area contributed by atoms with Crippen molar-refractivity contribution in [2.75, 3.05) is 0 Å². The van der Waals surface area contributed by atoms with Gasteiger partial charge in [-0.05, 0) is 47.2 Å². The molecule has 5 heteroatoms. The fourth-order valence-electron chi connectivity index (χ4n) is 7.91. The van der Waals surface area contributed by atoms with Gasteiger partial charge < -0.3 is 8.98 Å². The summed E-state index contributed by atoms with van der Waals surface area (Å²) in [6.45, 7) is 0. The summed E-state index contributed by atoms with van der Waals surface area (Å²) in [5.41, 5.74) is 8.03. The van der Waals surface area contributed by atoms with Crippen molar-refractivity contribution in [2.45, 2.75) is 0 Å². The van der Waals surface area contributed by atoms with Gasteiger partial charge in [0.05, 0.1) is 11.0 Å². The van der Waals surface area contributed by atoms with Gasteiger partial charge in [0.25, 0.3) is 0 Å². The number of aromatic nitrogens is 4. The van der Waals surface area contributed by atoms with Crippen molar-refractivity contribution < 1.29 is 4.42 Å². The van der Waals surface area contributed by atoms with Gasteiger partial charge in [0, 0.05) is 54.7 Å². The Morgan fingerprint density at radius 1 is 0.365 bits per heavy atom. The molecule has 52 heavy (non-hydrogen) atoms. The van der Waals surface area contributed by atoms with E-state index in [1.807, 2.05) is 66.7 Å². The molecule has 3 heterocycles. The van der Waals surface area contributed by atoms with Crippen LogP contribution in [0.25, 0.3) is 105 Å². The van der Waals surface area contributed by atoms with Crippen molar-refractivity contribution in [2.24, 2.45) is 0 Å². The molecule has 0 amide bonds. The Hall–Kier alpha value is -7.11. The number of furan rings is 1. The highest BCUT2D eigenvalue weighted by molar-refractivity contribution is 6.36. The Balaban J connectivity index is 1.17. The molecule has 11 rings (SSSR count). The first kappa shape index (κ1) is 28.7. The van der Waals surface area contributed by atoms with E-state index in [0.717, 1.165) is 55.2 Å². The van der Waals surface area contributed by atoms with Crippen LogP contribution in [0.2, 0.25) is 0 Å². The average Bonchev–Trinajstić information content (AvgIpc) is 3.78. The van der Waals surface area contributed by atoms with E-state index < -0.39 is 0 Å². The summed E-state index contributed by atoms with van der Waals surface area (Å²) >= 11 is 0. The summed E-state index contributed by atoms with van der Waals surface area (Å²) in [4.78, 5) is 14.8. The van der Waals surface area contributed by atoms with E-state index in [0.29, 0.717) is 17.5 Å². The van der Waals surface area contributed by atoms with Crippen molar-refractivity contribution in [3.63, 3.8) is 0 Å². The topological polar surface area (TPSA) is 56.7 Å². The molecular weight excluding hydrogens is 637 g/mol. The fraction of sp³-hybridized carbons (Fsp3) is 0. The van der Waals surface area contributed by atoms with Gasteiger partial charge in [0.15, 0.2) is 17.5 Å². The van der Waals surface area contributed by atoms with Crippen molar-refractivity contribution in [3.05, 3.63) is 170 Å². The first-order chi connectivity index (χ1) is 25.8. The third kappa shape index (κ3) is 4.26. The maximum absolute atomic E-state index is 6.56. The minimum Gasteiger partial charge on any atom is -0.455 e. The molecule has 242 valence electrons. The summed E-state index contributed by atoms with van der Waals surface area (Å²) in [5.74, 6) is 1.92. The summed E-state index contributed by atoms with van der Waals surface area (Å²) < 4.78 is 8.98. The number of rotatable bonds is 4. The van der Waals surface area contributed by atoms with Crippen molar-refractivity contribution in [1.29, 1.82) is 0 Å². The zero-order chi connectivity index (χ0) is 34.2. The number of hydrogen-bond acceptors (Lipinski definition) is 4. The van der Waals surface area contributed by atoms with Gasteiger partial charge in [-0.1, -0.05) is 133 Å². The smallest absolute Gasteiger partial charge is 0.164 e. The third-order valence-corrected chi connectivity index (χ3v) is 10.2. The van der Waals surface area contributed by atoms with Gasteiger partial charge in [-0.2, -0.15) is 0 Å². The highest BCUT2D eigenvalue weighted by Crippen LogP contribution is 2.45. The zero-order valence-corrected chi connectivity index (χ0v) is 27.9. The second-order valence-electron chi connectivity index (χ2n) is 13.2. The van der Waals surface area contributed by atoms with E-state index in [2.05, 4.69) is 108 Å². The molecule has 0 bridgehead atoms. The second-order valence-corrected chi connectivity index (χ2v) is 13.2. The lowest BCUT2D eigenvalue weighted by Gasteiger charge is -2.13. The highest BCUT2D eigenvalue weighted by atomic mass is 16.3. The summed E-state index contributed by atoms with van der Waals surface area (Å²) in [6, 6.07) is 59.0. The molecule has 0 atom stereocenters. The minimum absolute atomic E-state index is 0.632. The Morgan fingerprint density at radius 2 is 0.885 bits per heavy atom. The summed E-state index contributed by atoms with van der Waals surface area (Å²) in [6.07, 6.45) is 0. The molecule has 0 fully saturated rings. The third-order valence-electron chi connectivity index (χ3n) is 10.2. The van der Waals surface area contributed by atoms with Crippen LogP contribution in [0.4, 0.5) is 0 Å². The Morgan fingerprint density at radius 3 is 1.56 bits per heavy atom. The largest absolute Gasteiger partial charge is 0.455 e. The predicted octanol–water partition coefficient (Wildman–Crippen LogP) is 12.2. The van der Waals surface area contributed by atoms with Crippen molar-refractivity contribution >= 4 is 65.3 Å². The van der Waals surface area contributed by atoms with Crippen LogP contribution in [0.5, 0.6) is 0 Å². The van der Waals surface area contributed by atoms with Gasteiger partial charge in [0.2, 0.25) is 0 Å². The van der Waals surface area contributed by atoms with Crippen LogP contribution in [0, 0.1) is 0 Å². The van der Waals surface area contributed by atoms with E-state index in [4.69, 9.17) is 19.4 Å². The summed E-state index contributed by atoms with van der Waals surface area (Å²) in [7, 11) is 0. The lowest BCUT2D eigenvalue weighted by atomic mass is 9.95. The SMILES string of the molecule is c1ccc(-c2nc(-c3ccccc3)nc(-c3ccc(-n4c5ccccc5c5ccc6c7c8ccccc8oc7c7ccccc7c6c54)cc3)n2)cc1. The quantitative estimate of drug-likeness (QED) is 0.176. The van der Waals surface area contributed by atoms with Crippen LogP contribution >= 0.6 is 0 Å². The number of fused-ring (bicyclic) bond motifs is 12. The molecule has 0 radical (unpaired) electrons. The van der Waals surface area contributed by atoms with Crippen molar-refractivity contribution in [3.8, 4) is 39.9 Å². The minimum atomic E-state index is 0.632. The predicted molar refractivity (Wildman–Crippen MR) is 213 cm³/mol.